The smallest absolute Gasteiger partial charge is 0.264 e. The maximum atomic E-state index is 10.6. The largest absolute Gasteiger partial charge is 0.270 e. The first-order chi connectivity index (χ1) is 7.71. The summed E-state index contributed by atoms with van der Waals surface area (Å²) in [6.45, 7) is 0.138. The van der Waals surface area contributed by atoms with Gasteiger partial charge in [0.2, 0.25) is 0 Å². The molecular weight excluding hydrogens is 268 g/mol. The summed E-state index contributed by atoms with van der Waals surface area (Å²) in [7, 11) is -6.77. The summed E-state index contributed by atoms with van der Waals surface area (Å²) in [4.78, 5) is 0. The second-order valence-corrected chi connectivity index (χ2v) is 6.55. The molecule has 100 valence electrons. The monoisotopic (exact) mass is 284 g/mol. The summed E-state index contributed by atoms with van der Waals surface area (Å²) in [5, 5.41) is 0. The molecule has 0 aliphatic carbocycles. The van der Waals surface area contributed by atoms with Crippen LogP contribution < -0.4 is 0 Å². The fourth-order valence-electron chi connectivity index (χ4n) is 0.792. The van der Waals surface area contributed by atoms with Crippen LogP contribution in [0, 0.1) is 11.8 Å². The van der Waals surface area contributed by atoms with Gasteiger partial charge >= 0.3 is 0 Å². The molecule has 0 atom stereocenters. The van der Waals surface area contributed by atoms with Crippen molar-refractivity contribution in [2.75, 3.05) is 25.7 Å². The number of hydrogen-bond donors (Lipinski definition) is 0. The van der Waals surface area contributed by atoms with Gasteiger partial charge in [0.15, 0.2) is 0 Å². The van der Waals surface area contributed by atoms with Crippen LogP contribution in [0.1, 0.15) is 19.3 Å². The highest BCUT2D eigenvalue weighted by Crippen LogP contribution is 1.93. The molecular formula is C9H16O6S2. The Morgan fingerprint density at radius 1 is 0.824 bits per heavy atom. The summed E-state index contributed by atoms with van der Waals surface area (Å²) < 4.78 is 51.2. The summed E-state index contributed by atoms with van der Waals surface area (Å²) in [5.41, 5.74) is 0. The predicted octanol–water partition coefficient (Wildman–Crippen LogP) is 0.113. The van der Waals surface area contributed by atoms with Crippen molar-refractivity contribution in [3.63, 3.8) is 0 Å². The predicted molar refractivity (Wildman–Crippen MR) is 63.2 cm³/mol. The zero-order chi connectivity index (χ0) is 13.4. The van der Waals surface area contributed by atoms with E-state index in [9.17, 15) is 16.8 Å². The average Bonchev–Trinajstić information content (AvgIpc) is 2.11. The summed E-state index contributed by atoms with van der Waals surface area (Å²) in [6.07, 6.45) is 3.28. The lowest BCUT2D eigenvalue weighted by molar-refractivity contribution is 0.317. The summed E-state index contributed by atoms with van der Waals surface area (Å²) >= 11 is 0. The Morgan fingerprint density at radius 3 is 1.82 bits per heavy atom. The second kappa shape index (κ2) is 7.66. The molecule has 17 heavy (non-hydrogen) atoms. The van der Waals surface area contributed by atoms with E-state index in [0.29, 0.717) is 19.3 Å². The molecule has 0 saturated heterocycles. The molecule has 0 bridgehead atoms. The van der Waals surface area contributed by atoms with E-state index in [2.05, 4.69) is 20.2 Å². The van der Waals surface area contributed by atoms with Crippen LogP contribution in [0.2, 0.25) is 0 Å². The maximum absolute atomic E-state index is 10.6. The first kappa shape index (κ1) is 16.4. The van der Waals surface area contributed by atoms with Crippen molar-refractivity contribution in [3.8, 4) is 11.8 Å². The van der Waals surface area contributed by atoms with Crippen molar-refractivity contribution in [2.45, 2.75) is 19.3 Å². The first-order valence-corrected chi connectivity index (χ1v) is 8.48. The van der Waals surface area contributed by atoms with E-state index in [-0.39, 0.29) is 13.2 Å². The van der Waals surface area contributed by atoms with E-state index < -0.39 is 20.2 Å². The van der Waals surface area contributed by atoms with Gasteiger partial charge in [-0.15, -0.1) is 11.8 Å². The van der Waals surface area contributed by atoms with Crippen molar-refractivity contribution < 1.29 is 25.2 Å². The molecule has 0 saturated carbocycles. The van der Waals surface area contributed by atoms with Crippen LogP contribution in [0.15, 0.2) is 0 Å². The molecule has 0 radical (unpaired) electrons. The fraction of sp³-hybridized carbons (Fsp3) is 0.778. The van der Waals surface area contributed by atoms with Crippen molar-refractivity contribution >= 4 is 20.2 Å². The van der Waals surface area contributed by atoms with Gasteiger partial charge in [-0.1, -0.05) is 0 Å². The van der Waals surface area contributed by atoms with Gasteiger partial charge in [-0.3, -0.25) is 8.37 Å². The van der Waals surface area contributed by atoms with Crippen molar-refractivity contribution in [3.05, 3.63) is 0 Å². The van der Waals surface area contributed by atoms with Crippen LogP contribution in [0.5, 0.6) is 0 Å². The zero-order valence-corrected chi connectivity index (χ0v) is 11.4. The van der Waals surface area contributed by atoms with Crippen LogP contribution in [0.25, 0.3) is 0 Å². The van der Waals surface area contributed by atoms with Gasteiger partial charge in [-0.05, 0) is 6.42 Å². The van der Waals surface area contributed by atoms with E-state index in [4.69, 9.17) is 0 Å². The Labute approximate surface area is 103 Å². The van der Waals surface area contributed by atoms with Gasteiger partial charge in [-0.25, -0.2) is 0 Å². The van der Waals surface area contributed by atoms with Crippen LogP contribution in [-0.2, 0) is 28.6 Å². The van der Waals surface area contributed by atoms with Gasteiger partial charge in [0.05, 0.1) is 25.7 Å². The standard InChI is InChI=1S/C9H16O6S2/c1-16(10,11)14-8-6-4-3-5-7-9-15-17(2,12)13/h4,6-9H2,1-2H3. The molecule has 0 aliphatic rings. The van der Waals surface area contributed by atoms with Crippen LogP contribution in [0.3, 0.4) is 0 Å². The third-order valence-electron chi connectivity index (χ3n) is 1.39. The third-order valence-corrected chi connectivity index (χ3v) is 2.58. The SMILES string of the molecule is CS(=O)(=O)OCCC#CCCCOS(C)(=O)=O. The van der Waals surface area contributed by atoms with Gasteiger partial charge in [0.25, 0.3) is 20.2 Å². The van der Waals surface area contributed by atoms with Gasteiger partial charge in [-0.2, -0.15) is 16.8 Å². The third kappa shape index (κ3) is 15.4. The minimum absolute atomic E-state index is 0.0334. The van der Waals surface area contributed by atoms with E-state index in [1.165, 1.54) is 0 Å². The van der Waals surface area contributed by atoms with Crippen molar-refractivity contribution in [1.29, 1.82) is 0 Å². The highest BCUT2D eigenvalue weighted by molar-refractivity contribution is 7.86. The molecule has 0 aliphatic heterocycles. The molecule has 0 aromatic carbocycles. The lowest BCUT2D eigenvalue weighted by Crippen LogP contribution is -2.03. The van der Waals surface area contributed by atoms with Crippen LogP contribution >= 0.6 is 0 Å². The molecule has 0 aromatic heterocycles. The van der Waals surface area contributed by atoms with Crippen LogP contribution in [0.4, 0.5) is 0 Å². The van der Waals surface area contributed by atoms with Crippen LogP contribution in [-0.4, -0.2) is 42.6 Å². The number of hydrogen-bond acceptors (Lipinski definition) is 6. The molecule has 6 nitrogen and oxygen atoms in total. The van der Waals surface area contributed by atoms with E-state index >= 15 is 0 Å². The molecule has 0 spiro atoms. The average molecular weight is 284 g/mol. The molecule has 0 fully saturated rings. The quantitative estimate of drug-likeness (QED) is 0.375. The molecule has 0 aromatic rings. The lowest BCUT2D eigenvalue weighted by atomic mass is 10.3. The zero-order valence-electron chi connectivity index (χ0n) is 9.80. The Kier molecular flexibility index (Phi) is 7.38. The minimum Gasteiger partial charge on any atom is -0.270 e. The number of unbranched alkanes of at least 4 members (excludes halogenated alkanes) is 1. The second-order valence-electron chi connectivity index (χ2n) is 3.26. The summed E-state index contributed by atoms with van der Waals surface area (Å²) in [5.74, 6) is 5.47. The van der Waals surface area contributed by atoms with Gasteiger partial charge in [0.1, 0.15) is 0 Å². The molecule has 0 unspecified atom stereocenters. The highest BCUT2D eigenvalue weighted by atomic mass is 32.2. The Balaban J connectivity index is 3.51. The van der Waals surface area contributed by atoms with E-state index in [1.54, 1.807) is 0 Å². The Hall–Kier alpha value is -0.620. The van der Waals surface area contributed by atoms with Crippen molar-refractivity contribution in [1.82, 2.24) is 0 Å². The van der Waals surface area contributed by atoms with Gasteiger partial charge < -0.3 is 0 Å². The molecule has 8 heteroatoms. The lowest BCUT2D eigenvalue weighted by Gasteiger charge is -1.97. The highest BCUT2D eigenvalue weighted by Gasteiger charge is 1.99. The number of rotatable bonds is 7. The fourth-order valence-corrected chi connectivity index (χ4v) is 1.60. The topological polar surface area (TPSA) is 86.7 Å². The van der Waals surface area contributed by atoms with Gasteiger partial charge in [0, 0.05) is 12.8 Å². The normalized spacial score (nSPS) is 11.9. The minimum atomic E-state index is -3.40. The summed E-state index contributed by atoms with van der Waals surface area (Å²) in [6, 6.07) is 0. The van der Waals surface area contributed by atoms with E-state index in [0.717, 1.165) is 12.5 Å². The van der Waals surface area contributed by atoms with Crippen molar-refractivity contribution in [2.24, 2.45) is 0 Å². The molecule has 0 amide bonds. The van der Waals surface area contributed by atoms with E-state index in [1.807, 2.05) is 0 Å². The molecule has 0 N–H and O–H groups in total. The molecule has 0 heterocycles. The maximum Gasteiger partial charge on any atom is 0.264 e. The molecule has 0 rings (SSSR count). The first-order valence-electron chi connectivity index (χ1n) is 4.85. The Bertz CT molecular complexity index is 465. The Morgan fingerprint density at radius 2 is 1.29 bits per heavy atom.